The lowest BCUT2D eigenvalue weighted by molar-refractivity contribution is 0.167. The zero-order valence-electron chi connectivity index (χ0n) is 8.86. The van der Waals surface area contributed by atoms with E-state index in [-0.39, 0.29) is 12.1 Å². The number of imidazole rings is 1. The average Bonchev–Trinajstić information content (AvgIpc) is 2.99. The van der Waals surface area contributed by atoms with E-state index in [0.29, 0.717) is 5.92 Å². The highest BCUT2D eigenvalue weighted by atomic mass is 32.2. The zero-order chi connectivity index (χ0) is 10.7. The molecule has 0 bridgehead atoms. The molecule has 1 unspecified atom stereocenters. The van der Waals surface area contributed by atoms with Crippen molar-refractivity contribution in [3.63, 3.8) is 0 Å². The second-order valence-corrected chi connectivity index (χ2v) is 4.99. The summed E-state index contributed by atoms with van der Waals surface area (Å²) in [4.78, 5) is 7.23. The molecule has 1 aliphatic rings. The number of aliphatic hydroxyl groups excluding tert-OH is 1. The van der Waals surface area contributed by atoms with Gasteiger partial charge in [0.05, 0.1) is 12.1 Å². The van der Waals surface area contributed by atoms with E-state index >= 15 is 0 Å². The number of aliphatic hydroxyl groups is 1. The standard InChI is InChI=1S/C10H17N3OS/c1-11-10(6-14,8-2-3-8)7-15-9-12-4-5-13-9/h4-5,8,11,14H,2-3,6-7H2,1H3,(H,12,13). The van der Waals surface area contributed by atoms with Crippen molar-refractivity contribution in [2.75, 3.05) is 19.4 Å². The Balaban J connectivity index is 1.94. The molecule has 4 nitrogen and oxygen atoms in total. The van der Waals surface area contributed by atoms with Gasteiger partial charge in [0.25, 0.3) is 0 Å². The molecule has 1 saturated carbocycles. The monoisotopic (exact) mass is 227 g/mol. The number of H-pyrrole nitrogens is 1. The second-order valence-electron chi connectivity index (χ2n) is 4.02. The van der Waals surface area contributed by atoms with Crippen LogP contribution >= 0.6 is 11.8 Å². The number of rotatable bonds is 6. The Morgan fingerprint density at radius 1 is 1.73 bits per heavy atom. The quantitative estimate of drug-likeness (QED) is 0.631. The summed E-state index contributed by atoms with van der Waals surface area (Å²) < 4.78 is 0. The topological polar surface area (TPSA) is 60.9 Å². The van der Waals surface area contributed by atoms with Crippen LogP contribution in [0.3, 0.4) is 0 Å². The van der Waals surface area contributed by atoms with Crippen LogP contribution in [0.4, 0.5) is 0 Å². The summed E-state index contributed by atoms with van der Waals surface area (Å²) in [5.41, 5.74) is -0.128. The summed E-state index contributed by atoms with van der Waals surface area (Å²) in [6.45, 7) is 0.196. The van der Waals surface area contributed by atoms with Crippen LogP contribution in [0.25, 0.3) is 0 Å². The van der Waals surface area contributed by atoms with Gasteiger partial charge in [0.1, 0.15) is 0 Å². The maximum atomic E-state index is 9.51. The van der Waals surface area contributed by atoms with Gasteiger partial charge in [-0.05, 0) is 25.8 Å². The van der Waals surface area contributed by atoms with Gasteiger partial charge in [0, 0.05) is 18.1 Å². The summed E-state index contributed by atoms with van der Waals surface area (Å²) in [7, 11) is 1.93. The Labute approximate surface area is 93.9 Å². The Bertz CT molecular complexity index is 294. The predicted octanol–water partition coefficient (Wildman–Crippen LogP) is 0.862. The van der Waals surface area contributed by atoms with Gasteiger partial charge >= 0.3 is 0 Å². The summed E-state index contributed by atoms with van der Waals surface area (Å²) in [5, 5.41) is 13.7. The van der Waals surface area contributed by atoms with Crippen LogP contribution in [0, 0.1) is 5.92 Å². The van der Waals surface area contributed by atoms with Crippen molar-refractivity contribution in [3.8, 4) is 0 Å². The number of aromatic nitrogens is 2. The third-order valence-corrected chi connectivity index (χ3v) is 4.23. The Morgan fingerprint density at radius 3 is 3.00 bits per heavy atom. The third-order valence-electron chi connectivity index (χ3n) is 3.08. The summed E-state index contributed by atoms with van der Waals surface area (Å²) in [6, 6.07) is 0. The van der Waals surface area contributed by atoms with E-state index in [2.05, 4.69) is 15.3 Å². The van der Waals surface area contributed by atoms with Crippen molar-refractivity contribution >= 4 is 11.8 Å². The first-order valence-corrected chi connectivity index (χ1v) is 6.21. The third kappa shape index (κ3) is 2.35. The fourth-order valence-electron chi connectivity index (χ4n) is 1.81. The first kappa shape index (κ1) is 11.0. The van der Waals surface area contributed by atoms with Gasteiger partial charge < -0.3 is 15.4 Å². The molecule has 1 atom stereocenters. The molecule has 1 aromatic rings. The van der Waals surface area contributed by atoms with Gasteiger partial charge in [-0.25, -0.2) is 4.98 Å². The number of nitrogens with one attached hydrogen (secondary N) is 2. The number of nitrogens with zero attached hydrogens (tertiary/aromatic N) is 1. The van der Waals surface area contributed by atoms with Crippen molar-refractivity contribution < 1.29 is 5.11 Å². The van der Waals surface area contributed by atoms with Crippen molar-refractivity contribution in [1.29, 1.82) is 0 Å². The fraction of sp³-hybridized carbons (Fsp3) is 0.700. The average molecular weight is 227 g/mol. The van der Waals surface area contributed by atoms with E-state index in [4.69, 9.17) is 0 Å². The highest BCUT2D eigenvalue weighted by Crippen LogP contribution is 2.41. The first-order chi connectivity index (χ1) is 7.30. The normalized spacial score (nSPS) is 20.1. The lowest BCUT2D eigenvalue weighted by atomic mass is 9.97. The molecule has 0 aliphatic heterocycles. The summed E-state index contributed by atoms with van der Waals surface area (Å²) in [6.07, 6.45) is 6.01. The van der Waals surface area contributed by atoms with E-state index in [1.54, 1.807) is 18.0 Å². The predicted molar refractivity (Wildman–Crippen MR) is 60.9 cm³/mol. The Hall–Kier alpha value is -0.520. The van der Waals surface area contributed by atoms with Gasteiger partial charge in [-0.3, -0.25) is 0 Å². The van der Waals surface area contributed by atoms with Crippen molar-refractivity contribution in [1.82, 2.24) is 15.3 Å². The molecule has 3 N–H and O–H groups in total. The highest BCUT2D eigenvalue weighted by Gasteiger charge is 2.43. The summed E-state index contributed by atoms with van der Waals surface area (Å²) in [5.74, 6) is 1.48. The minimum Gasteiger partial charge on any atom is -0.394 e. The largest absolute Gasteiger partial charge is 0.394 e. The minimum atomic E-state index is -0.128. The maximum Gasteiger partial charge on any atom is 0.165 e. The van der Waals surface area contributed by atoms with Crippen molar-refractivity contribution in [2.24, 2.45) is 5.92 Å². The molecule has 0 amide bonds. The van der Waals surface area contributed by atoms with Crippen molar-refractivity contribution in [2.45, 2.75) is 23.5 Å². The molecular weight excluding hydrogens is 210 g/mol. The molecule has 15 heavy (non-hydrogen) atoms. The molecule has 0 radical (unpaired) electrons. The van der Waals surface area contributed by atoms with Crippen LogP contribution in [0.1, 0.15) is 12.8 Å². The van der Waals surface area contributed by atoms with Crippen LogP contribution in [0.15, 0.2) is 17.6 Å². The smallest absolute Gasteiger partial charge is 0.165 e. The molecule has 1 aromatic heterocycles. The molecular formula is C10H17N3OS. The number of hydrogen-bond acceptors (Lipinski definition) is 4. The van der Waals surface area contributed by atoms with Crippen LogP contribution < -0.4 is 5.32 Å². The van der Waals surface area contributed by atoms with Gasteiger partial charge in [-0.2, -0.15) is 0 Å². The van der Waals surface area contributed by atoms with Crippen molar-refractivity contribution in [3.05, 3.63) is 12.4 Å². The first-order valence-electron chi connectivity index (χ1n) is 5.23. The molecule has 1 heterocycles. The van der Waals surface area contributed by atoms with E-state index in [1.165, 1.54) is 12.8 Å². The minimum absolute atomic E-state index is 0.128. The van der Waals surface area contributed by atoms with Gasteiger partial charge in [0.2, 0.25) is 0 Å². The SMILES string of the molecule is CNC(CO)(CSc1ncc[nH]1)C1CC1. The molecule has 5 heteroatoms. The molecule has 1 aliphatic carbocycles. The number of aromatic amines is 1. The van der Waals surface area contributed by atoms with Crippen LogP contribution in [0.5, 0.6) is 0 Å². The number of hydrogen-bond donors (Lipinski definition) is 3. The lowest BCUT2D eigenvalue weighted by Crippen LogP contribution is -2.51. The number of likely N-dealkylation sites (N-methyl/N-ethyl adjacent to an activating group) is 1. The molecule has 0 spiro atoms. The summed E-state index contributed by atoms with van der Waals surface area (Å²) >= 11 is 1.66. The van der Waals surface area contributed by atoms with Gasteiger partial charge in [0.15, 0.2) is 5.16 Å². The number of thioether (sulfide) groups is 1. The van der Waals surface area contributed by atoms with E-state index < -0.39 is 0 Å². The Kier molecular flexibility index (Phi) is 3.33. The zero-order valence-corrected chi connectivity index (χ0v) is 9.68. The highest BCUT2D eigenvalue weighted by molar-refractivity contribution is 7.99. The molecule has 2 rings (SSSR count). The van der Waals surface area contributed by atoms with E-state index in [0.717, 1.165) is 10.9 Å². The molecule has 0 saturated heterocycles. The Morgan fingerprint density at radius 2 is 2.53 bits per heavy atom. The van der Waals surface area contributed by atoms with Crippen LogP contribution in [0.2, 0.25) is 0 Å². The molecule has 1 fully saturated rings. The van der Waals surface area contributed by atoms with Gasteiger partial charge in [-0.1, -0.05) is 11.8 Å². The van der Waals surface area contributed by atoms with Crippen LogP contribution in [-0.2, 0) is 0 Å². The van der Waals surface area contributed by atoms with Gasteiger partial charge in [-0.15, -0.1) is 0 Å². The van der Waals surface area contributed by atoms with E-state index in [1.807, 2.05) is 13.2 Å². The fourth-order valence-corrected chi connectivity index (χ4v) is 2.96. The van der Waals surface area contributed by atoms with E-state index in [9.17, 15) is 5.11 Å². The lowest BCUT2D eigenvalue weighted by Gasteiger charge is -2.31. The molecule has 84 valence electrons. The maximum absolute atomic E-state index is 9.51. The second kappa shape index (κ2) is 4.55. The molecule has 0 aromatic carbocycles. The van der Waals surface area contributed by atoms with Crippen LogP contribution in [-0.4, -0.2) is 40.0 Å².